The smallest absolute Gasteiger partial charge is 0.329 e. The fourth-order valence-corrected chi connectivity index (χ4v) is 2.21. The van der Waals surface area contributed by atoms with Crippen LogP contribution in [0.1, 0.15) is 37.0 Å². The standard InChI is InChI=1S/C15H18N2O4/c1-9(18)16-12-7-3-10(4-8-12)13(19)17-15(2,14(20)21)11-5-6-11/h3-4,7-8,11H,5-6H2,1-2H3,(H,16,18)(H,17,19)(H,20,21). The van der Waals surface area contributed by atoms with E-state index in [1.165, 1.54) is 13.8 Å². The van der Waals surface area contributed by atoms with Gasteiger partial charge in [-0.05, 0) is 49.9 Å². The van der Waals surface area contributed by atoms with Gasteiger partial charge < -0.3 is 15.7 Å². The molecule has 3 N–H and O–H groups in total. The van der Waals surface area contributed by atoms with E-state index < -0.39 is 17.4 Å². The maximum absolute atomic E-state index is 12.2. The summed E-state index contributed by atoms with van der Waals surface area (Å²) in [6.45, 7) is 2.94. The van der Waals surface area contributed by atoms with Crippen LogP contribution in [-0.2, 0) is 9.59 Å². The number of aliphatic carboxylic acids is 1. The number of carboxylic acid groups (broad SMARTS) is 1. The minimum absolute atomic E-state index is 0.0161. The first-order valence-electron chi connectivity index (χ1n) is 6.76. The highest BCUT2D eigenvalue weighted by Crippen LogP contribution is 2.39. The molecule has 6 nitrogen and oxygen atoms in total. The van der Waals surface area contributed by atoms with Crippen molar-refractivity contribution in [2.75, 3.05) is 5.32 Å². The van der Waals surface area contributed by atoms with Crippen LogP contribution in [0.5, 0.6) is 0 Å². The third kappa shape index (κ3) is 3.39. The predicted molar refractivity (Wildman–Crippen MR) is 77.0 cm³/mol. The normalized spacial score (nSPS) is 16.7. The predicted octanol–water partition coefficient (Wildman–Crippen LogP) is 1.63. The van der Waals surface area contributed by atoms with Crippen LogP contribution in [0.4, 0.5) is 5.69 Å². The maximum atomic E-state index is 12.2. The Labute approximate surface area is 122 Å². The van der Waals surface area contributed by atoms with Crippen LogP contribution in [0.25, 0.3) is 0 Å². The summed E-state index contributed by atoms with van der Waals surface area (Å²) in [5, 5.41) is 14.5. The molecule has 6 heteroatoms. The highest BCUT2D eigenvalue weighted by Gasteiger charge is 2.48. The fraction of sp³-hybridized carbons (Fsp3) is 0.400. The van der Waals surface area contributed by atoms with Crippen LogP contribution in [0.3, 0.4) is 0 Å². The molecular weight excluding hydrogens is 272 g/mol. The topological polar surface area (TPSA) is 95.5 Å². The zero-order valence-electron chi connectivity index (χ0n) is 12.0. The molecule has 1 aromatic rings. The molecule has 0 aliphatic heterocycles. The van der Waals surface area contributed by atoms with Gasteiger partial charge >= 0.3 is 5.97 Å². The van der Waals surface area contributed by atoms with Gasteiger partial charge in [-0.3, -0.25) is 9.59 Å². The lowest BCUT2D eigenvalue weighted by Gasteiger charge is -2.26. The fourth-order valence-electron chi connectivity index (χ4n) is 2.21. The van der Waals surface area contributed by atoms with E-state index in [1.54, 1.807) is 24.3 Å². The summed E-state index contributed by atoms with van der Waals surface area (Å²) < 4.78 is 0. The van der Waals surface area contributed by atoms with Gasteiger partial charge in [0, 0.05) is 18.2 Å². The molecule has 1 aromatic carbocycles. The van der Waals surface area contributed by atoms with Crippen LogP contribution in [0, 0.1) is 5.92 Å². The molecule has 2 rings (SSSR count). The average molecular weight is 290 g/mol. The number of carbonyl (C=O) groups is 3. The van der Waals surface area contributed by atoms with Crippen LogP contribution in [0.2, 0.25) is 0 Å². The number of benzene rings is 1. The number of rotatable bonds is 5. The molecule has 1 saturated carbocycles. The van der Waals surface area contributed by atoms with Crippen molar-refractivity contribution in [2.45, 2.75) is 32.2 Å². The Bertz CT molecular complexity index is 578. The molecule has 0 bridgehead atoms. The molecular formula is C15H18N2O4. The molecule has 2 amide bonds. The second kappa shape index (κ2) is 5.55. The minimum atomic E-state index is -1.23. The van der Waals surface area contributed by atoms with Crippen LogP contribution < -0.4 is 10.6 Å². The average Bonchev–Trinajstić information content (AvgIpc) is 3.22. The van der Waals surface area contributed by atoms with Gasteiger partial charge in [-0.2, -0.15) is 0 Å². The number of amides is 2. The van der Waals surface area contributed by atoms with Gasteiger partial charge in [-0.25, -0.2) is 4.79 Å². The third-order valence-electron chi connectivity index (χ3n) is 3.68. The molecule has 1 fully saturated rings. The third-order valence-corrected chi connectivity index (χ3v) is 3.68. The number of anilines is 1. The summed E-state index contributed by atoms with van der Waals surface area (Å²) in [6, 6.07) is 6.31. The second-order valence-corrected chi connectivity index (χ2v) is 5.49. The Morgan fingerprint density at radius 1 is 1.19 bits per heavy atom. The van der Waals surface area contributed by atoms with Crippen molar-refractivity contribution in [1.82, 2.24) is 5.32 Å². The largest absolute Gasteiger partial charge is 0.480 e. The van der Waals surface area contributed by atoms with Crippen LogP contribution in [-0.4, -0.2) is 28.4 Å². The van der Waals surface area contributed by atoms with Crippen molar-refractivity contribution in [2.24, 2.45) is 5.92 Å². The van der Waals surface area contributed by atoms with Gasteiger partial charge in [0.25, 0.3) is 5.91 Å². The van der Waals surface area contributed by atoms with E-state index in [2.05, 4.69) is 10.6 Å². The van der Waals surface area contributed by atoms with Crippen molar-refractivity contribution in [1.29, 1.82) is 0 Å². The summed E-state index contributed by atoms with van der Waals surface area (Å²) >= 11 is 0. The lowest BCUT2D eigenvalue weighted by atomic mass is 9.95. The van der Waals surface area contributed by atoms with Crippen molar-refractivity contribution >= 4 is 23.5 Å². The number of carboxylic acids is 1. The van der Waals surface area contributed by atoms with Gasteiger partial charge in [0.1, 0.15) is 5.54 Å². The Kier molecular flexibility index (Phi) is 3.97. The van der Waals surface area contributed by atoms with Crippen molar-refractivity contribution in [3.05, 3.63) is 29.8 Å². The van der Waals surface area contributed by atoms with E-state index in [-0.39, 0.29) is 11.8 Å². The highest BCUT2D eigenvalue weighted by molar-refractivity contribution is 5.98. The molecule has 1 unspecified atom stereocenters. The number of carbonyl (C=O) groups excluding carboxylic acids is 2. The zero-order valence-corrected chi connectivity index (χ0v) is 12.0. The highest BCUT2D eigenvalue weighted by atomic mass is 16.4. The molecule has 0 radical (unpaired) electrons. The van der Waals surface area contributed by atoms with E-state index in [1.807, 2.05) is 0 Å². The summed E-state index contributed by atoms with van der Waals surface area (Å²) in [7, 11) is 0. The maximum Gasteiger partial charge on any atom is 0.329 e. The molecule has 0 heterocycles. The number of hydrogen-bond donors (Lipinski definition) is 3. The van der Waals surface area contributed by atoms with E-state index in [0.717, 1.165) is 12.8 Å². The summed E-state index contributed by atoms with van der Waals surface area (Å²) in [5.41, 5.74) is -0.285. The monoisotopic (exact) mass is 290 g/mol. The summed E-state index contributed by atoms with van der Waals surface area (Å²) in [6.07, 6.45) is 1.62. The first-order chi connectivity index (χ1) is 9.83. The Balaban J connectivity index is 2.09. The molecule has 1 aliphatic carbocycles. The second-order valence-electron chi connectivity index (χ2n) is 5.49. The van der Waals surface area contributed by atoms with Crippen LogP contribution >= 0.6 is 0 Å². The Hall–Kier alpha value is -2.37. The quantitative estimate of drug-likeness (QED) is 0.768. The van der Waals surface area contributed by atoms with Gasteiger partial charge in [-0.15, -0.1) is 0 Å². The first-order valence-corrected chi connectivity index (χ1v) is 6.76. The van der Waals surface area contributed by atoms with Gasteiger partial charge in [0.15, 0.2) is 0 Å². The van der Waals surface area contributed by atoms with Crippen molar-refractivity contribution in [3.63, 3.8) is 0 Å². The number of nitrogens with one attached hydrogen (secondary N) is 2. The Morgan fingerprint density at radius 3 is 2.19 bits per heavy atom. The van der Waals surface area contributed by atoms with E-state index >= 15 is 0 Å². The lowest BCUT2D eigenvalue weighted by Crippen LogP contribution is -2.54. The molecule has 1 atom stereocenters. The van der Waals surface area contributed by atoms with Gasteiger partial charge in [-0.1, -0.05) is 0 Å². The SMILES string of the molecule is CC(=O)Nc1ccc(C(=O)NC(C)(C(=O)O)C2CC2)cc1. The van der Waals surface area contributed by atoms with Gasteiger partial charge in [0.05, 0.1) is 0 Å². The zero-order chi connectivity index (χ0) is 15.6. The molecule has 1 aliphatic rings. The number of hydrogen-bond acceptors (Lipinski definition) is 3. The van der Waals surface area contributed by atoms with Crippen LogP contribution in [0.15, 0.2) is 24.3 Å². The minimum Gasteiger partial charge on any atom is -0.480 e. The van der Waals surface area contributed by atoms with Crippen molar-refractivity contribution < 1.29 is 19.5 Å². The van der Waals surface area contributed by atoms with E-state index in [0.29, 0.717) is 11.3 Å². The first kappa shape index (κ1) is 15.0. The molecule has 112 valence electrons. The van der Waals surface area contributed by atoms with Gasteiger partial charge in [0.2, 0.25) is 5.91 Å². The van der Waals surface area contributed by atoms with Crippen molar-refractivity contribution in [3.8, 4) is 0 Å². The lowest BCUT2D eigenvalue weighted by molar-refractivity contribution is -0.144. The molecule has 0 spiro atoms. The molecule has 0 aromatic heterocycles. The summed E-state index contributed by atoms with van der Waals surface area (Å²) in [5.74, 6) is -1.66. The summed E-state index contributed by atoms with van der Waals surface area (Å²) in [4.78, 5) is 34.5. The van der Waals surface area contributed by atoms with E-state index in [4.69, 9.17) is 0 Å². The molecule has 21 heavy (non-hydrogen) atoms. The van der Waals surface area contributed by atoms with E-state index in [9.17, 15) is 19.5 Å². The Morgan fingerprint density at radius 2 is 1.76 bits per heavy atom. The molecule has 0 saturated heterocycles.